The van der Waals surface area contributed by atoms with Crippen molar-refractivity contribution in [2.75, 3.05) is 24.9 Å². The molecule has 0 aromatic heterocycles. The summed E-state index contributed by atoms with van der Waals surface area (Å²) in [4.78, 5) is 38.0. The minimum atomic E-state index is -0.789. The average Bonchev–Trinajstić information content (AvgIpc) is 2.90. The quantitative estimate of drug-likeness (QED) is 0.124. The SMILES string of the molecule is COC(=O)c1ccc(C(=O)Nc2cc(Cl)ccc2Cl)cc1N=N/C(C(=O)Nc1ccccc1OC)=C(/C)O. The summed E-state index contributed by atoms with van der Waals surface area (Å²) >= 11 is 12.1. The summed E-state index contributed by atoms with van der Waals surface area (Å²) in [6, 6.07) is 15.2. The number of halogens is 2. The molecule has 0 aliphatic rings. The van der Waals surface area contributed by atoms with Crippen molar-refractivity contribution in [3.05, 3.63) is 93.3 Å². The Morgan fingerprint density at radius 2 is 1.66 bits per heavy atom. The van der Waals surface area contributed by atoms with Crippen LogP contribution in [0, 0.1) is 0 Å². The van der Waals surface area contributed by atoms with Gasteiger partial charge in [-0.25, -0.2) is 4.79 Å². The van der Waals surface area contributed by atoms with Crippen molar-refractivity contribution in [1.29, 1.82) is 0 Å². The van der Waals surface area contributed by atoms with E-state index in [0.717, 1.165) is 0 Å². The van der Waals surface area contributed by atoms with Crippen LogP contribution in [0.2, 0.25) is 10.0 Å². The predicted octanol–water partition coefficient (Wildman–Crippen LogP) is 6.55. The number of rotatable bonds is 8. The second kappa shape index (κ2) is 12.7. The number of amides is 2. The first-order chi connectivity index (χ1) is 18.1. The van der Waals surface area contributed by atoms with Gasteiger partial charge in [0.05, 0.1) is 36.2 Å². The van der Waals surface area contributed by atoms with Crippen molar-refractivity contribution in [3.8, 4) is 5.75 Å². The van der Waals surface area contributed by atoms with Gasteiger partial charge in [-0.05, 0) is 55.5 Å². The molecule has 0 saturated heterocycles. The maximum Gasteiger partial charge on any atom is 0.340 e. The molecule has 3 N–H and O–H groups in total. The second-order valence-corrected chi connectivity index (χ2v) is 8.43. The number of carbonyl (C=O) groups is 3. The number of anilines is 2. The van der Waals surface area contributed by atoms with E-state index >= 15 is 0 Å². The number of nitrogens with one attached hydrogen (secondary N) is 2. The molecule has 3 aromatic carbocycles. The summed E-state index contributed by atoms with van der Waals surface area (Å²) in [5.74, 6) is -2.18. The Bertz CT molecular complexity index is 1450. The summed E-state index contributed by atoms with van der Waals surface area (Å²) in [7, 11) is 2.62. The summed E-state index contributed by atoms with van der Waals surface area (Å²) in [6.07, 6.45) is 0. The number of aliphatic hydroxyl groups excluding tert-OH is 1. The third-order valence-electron chi connectivity index (χ3n) is 5.01. The van der Waals surface area contributed by atoms with Gasteiger partial charge in [0.1, 0.15) is 17.2 Å². The smallest absolute Gasteiger partial charge is 0.340 e. The van der Waals surface area contributed by atoms with Crippen molar-refractivity contribution >= 4 is 58.0 Å². The van der Waals surface area contributed by atoms with Crippen LogP contribution >= 0.6 is 23.2 Å². The van der Waals surface area contributed by atoms with E-state index in [1.165, 1.54) is 51.5 Å². The van der Waals surface area contributed by atoms with Crippen molar-refractivity contribution in [1.82, 2.24) is 0 Å². The van der Waals surface area contributed by atoms with Crippen molar-refractivity contribution in [2.45, 2.75) is 6.92 Å². The standard InChI is InChI=1S/C26H22Cl2N4O6/c1-14(33)23(25(35)29-19-6-4-5-7-22(19)37-2)32-31-20-12-15(8-10-17(20)26(36)38-3)24(34)30-21-13-16(27)9-11-18(21)28/h4-13,33H,1-3H3,(H,29,35)(H,30,34)/b23-14-,32-31?. The van der Waals surface area contributed by atoms with Crippen molar-refractivity contribution in [3.63, 3.8) is 0 Å². The zero-order valence-corrected chi connectivity index (χ0v) is 21.9. The molecule has 0 heterocycles. The van der Waals surface area contributed by atoms with Crippen LogP contribution in [0.4, 0.5) is 17.1 Å². The van der Waals surface area contributed by atoms with E-state index in [4.69, 9.17) is 32.7 Å². The average molecular weight is 557 g/mol. The van der Waals surface area contributed by atoms with E-state index in [1.54, 1.807) is 30.3 Å². The van der Waals surface area contributed by atoms with Gasteiger partial charge in [-0.2, -0.15) is 0 Å². The van der Waals surface area contributed by atoms with Crippen LogP contribution < -0.4 is 15.4 Å². The molecule has 2 amide bonds. The Kier molecular flexibility index (Phi) is 9.42. The zero-order chi connectivity index (χ0) is 27.8. The molecule has 0 aliphatic carbocycles. The summed E-state index contributed by atoms with van der Waals surface area (Å²) in [5.41, 5.74) is 0.139. The van der Waals surface area contributed by atoms with Crippen LogP contribution in [-0.2, 0) is 9.53 Å². The van der Waals surface area contributed by atoms with Gasteiger partial charge in [0, 0.05) is 10.6 Å². The maximum atomic E-state index is 12.9. The van der Waals surface area contributed by atoms with Crippen molar-refractivity contribution in [2.24, 2.45) is 10.2 Å². The predicted molar refractivity (Wildman–Crippen MR) is 144 cm³/mol. The summed E-state index contributed by atoms with van der Waals surface area (Å²) < 4.78 is 9.99. The highest BCUT2D eigenvalue weighted by Crippen LogP contribution is 2.29. The molecule has 0 aliphatic heterocycles. The zero-order valence-electron chi connectivity index (χ0n) is 20.4. The third-order valence-corrected chi connectivity index (χ3v) is 5.58. The molecule has 12 heteroatoms. The van der Waals surface area contributed by atoms with Crippen LogP contribution in [0.5, 0.6) is 5.75 Å². The van der Waals surface area contributed by atoms with Gasteiger partial charge in [-0.3, -0.25) is 9.59 Å². The van der Waals surface area contributed by atoms with Gasteiger partial charge in [0.25, 0.3) is 11.8 Å². The van der Waals surface area contributed by atoms with Gasteiger partial charge in [0.15, 0.2) is 5.70 Å². The van der Waals surface area contributed by atoms with E-state index in [0.29, 0.717) is 16.5 Å². The molecule has 0 bridgehead atoms. The number of benzene rings is 3. The van der Waals surface area contributed by atoms with Crippen LogP contribution in [0.15, 0.2) is 82.3 Å². The Balaban J connectivity index is 1.94. The molecule has 0 unspecified atom stereocenters. The number of para-hydroxylation sites is 2. The van der Waals surface area contributed by atoms with E-state index in [1.807, 2.05) is 0 Å². The highest BCUT2D eigenvalue weighted by Gasteiger charge is 2.19. The molecular weight excluding hydrogens is 535 g/mol. The van der Waals surface area contributed by atoms with E-state index in [2.05, 4.69) is 20.9 Å². The topological polar surface area (TPSA) is 139 Å². The van der Waals surface area contributed by atoms with Gasteiger partial charge >= 0.3 is 5.97 Å². The highest BCUT2D eigenvalue weighted by atomic mass is 35.5. The largest absolute Gasteiger partial charge is 0.510 e. The highest BCUT2D eigenvalue weighted by molar-refractivity contribution is 6.35. The number of hydrogen-bond donors (Lipinski definition) is 3. The molecule has 0 radical (unpaired) electrons. The molecule has 196 valence electrons. The fourth-order valence-corrected chi connectivity index (χ4v) is 3.48. The third kappa shape index (κ3) is 6.87. The van der Waals surface area contributed by atoms with Gasteiger partial charge < -0.3 is 25.2 Å². The number of aliphatic hydroxyl groups is 1. The van der Waals surface area contributed by atoms with Gasteiger partial charge in [0.2, 0.25) is 0 Å². The van der Waals surface area contributed by atoms with Gasteiger partial charge in [-0.15, -0.1) is 10.2 Å². The molecule has 10 nitrogen and oxygen atoms in total. The van der Waals surface area contributed by atoms with Crippen molar-refractivity contribution < 1.29 is 29.0 Å². The van der Waals surface area contributed by atoms with Crippen LogP contribution in [0.3, 0.4) is 0 Å². The Labute approximate surface area is 227 Å². The lowest BCUT2D eigenvalue weighted by molar-refractivity contribution is -0.113. The lowest BCUT2D eigenvalue weighted by Crippen LogP contribution is -2.15. The van der Waals surface area contributed by atoms with Crippen LogP contribution in [0.1, 0.15) is 27.6 Å². The van der Waals surface area contributed by atoms with E-state index < -0.39 is 29.2 Å². The monoisotopic (exact) mass is 556 g/mol. The van der Waals surface area contributed by atoms with Crippen LogP contribution in [-0.4, -0.2) is 37.1 Å². The normalized spacial score (nSPS) is 11.5. The minimum absolute atomic E-state index is 0.0336. The number of carbonyl (C=O) groups excluding carboxylic acids is 3. The molecule has 0 saturated carbocycles. The number of hydrogen-bond acceptors (Lipinski definition) is 8. The first-order valence-corrected chi connectivity index (χ1v) is 11.6. The molecule has 0 spiro atoms. The number of ether oxygens (including phenoxy) is 2. The summed E-state index contributed by atoms with van der Waals surface area (Å²) in [5, 5.41) is 23.8. The number of nitrogens with zero attached hydrogens (tertiary/aromatic N) is 2. The van der Waals surface area contributed by atoms with Crippen LogP contribution in [0.25, 0.3) is 0 Å². The summed E-state index contributed by atoms with van der Waals surface area (Å²) in [6.45, 7) is 1.25. The van der Waals surface area contributed by atoms with E-state index in [-0.39, 0.29) is 27.5 Å². The fraction of sp³-hybridized carbons (Fsp3) is 0.115. The van der Waals surface area contributed by atoms with E-state index in [9.17, 15) is 19.5 Å². The maximum absolute atomic E-state index is 12.9. The van der Waals surface area contributed by atoms with Gasteiger partial charge in [-0.1, -0.05) is 35.3 Å². The molecule has 0 atom stereocenters. The molecular formula is C26H22Cl2N4O6. The lowest BCUT2D eigenvalue weighted by atomic mass is 10.1. The molecule has 3 aromatic rings. The molecule has 0 fully saturated rings. The molecule has 3 rings (SSSR count). The number of allylic oxidation sites excluding steroid dienone is 1. The minimum Gasteiger partial charge on any atom is -0.510 e. The Morgan fingerprint density at radius 3 is 2.34 bits per heavy atom. The number of esters is 1. The Hall–Kier alpha value is -4.41. The Morgan fingerprint density at radius 1 is 0.921 bits per heavy atom. The number of methoxy groups -OCH3 is 2. The lowest BCUT2D eigenvalue weighted by Gasteiger charge is -2.11. The fourth-order valence-electron chi connectivity index (χ4n) is 3.14. The first-order valence-electron chi connectivity index (χ1n) is 10.9. The number of azo groups is 1. The second-order valence-electron chi connectivity index (χ2n) is 7.59. The first kappa shape index (κ1) is 28.2. The molecule has 38 heavy (non-hydrogen) atoms.